The Morgan fingerprint density at radius 2 is 2.11 bits per heavy atom. The molecule has 2 fully saturated rings. The van der Waals surface area contributed by atoms with Gasteiger partial charge in [0.05, 0.1) is 12.5 Å². The molecule has 0 unspecified atom stereocenters. The van der Waals surface area contributed by atoms with E-state index >= 15 is 0 Å². The van der Waals surface area contributed by atoms with E-state index in [2.05, 4.69) is 25.8 Å². The topological polar surface area (TPSA) is 86.4 Å². The standard InChI is InChI=1S/C21H33N5O2/c1-16-7-8-22-19(13-16)23-9-10-24-20(27)14-18-21(28)25-11-12-26(18)15-17-5-3-2-4-6-17/h7-8,13,17-18H,2-6,9-12,14-15H2,1H3,(H,22,23)(H,24,27)(H,25,28)/t18-/m1/s1. The third kappa shape index (κ3) is 6.19. The van der Waals surface area contributed by atoms with Crippen molar-refractivity contribution >= 4 is 17.6 Å². The summed E-state index contributed by atoms with van der Waals surface area (Å²) in [5.74, 6) is 1.38. The maximum Gasteiger partial charge on any atom is 0.237 e. The van der Waals surface area contributed by atoms with Gasteiger partial charge in [-0.15, -0.1) is 0 Å². The third-order valence-electron chi connectivity index (χ3n) is 5.71. The van der Waals surface area contributed by atoms with Crippen LogP contribution in [0.1, 0.15) is 44.1 Å². The maximum absolute atomic E-state index is 12.4. The molecule has 0 bridgehead atoms. The maximum atomic E-state index is 12.4. The minimum absolute atomic E-state index is 0.0145. The SMILES string of the molecule is Cc1ccnc(NCCNC(=O)C[C@@H]2C(=O)NCCN2CC2CCCCC2)c1. The fourth-order valence-electron chi connectivity index (χ4n) is 4.18. The van der Waals surface area contributed by atoms with E-state index in [4.69, 9.17) is 0 Å². The molecule has 1 aromatic rings. The van der Waals surface area contributed by atoms with Gasteiger partial charge in [-0.25, -0.2) is 4.98 Å². The van der Waals surface area contributed by atoms with Crippen LogP contribution in [0.4, 0.5) is 5.82 Å². The second kappa shape index (κ2) is 10.4. The highest BCUT2D eigenvalue weighted by Crippen LogP contribution is 2.25. The summed E-state index contributed by atoms with van der Waals surface area (Å²) in [4.78, 5) is 31.2. The quantitative estimate of drug-likeness (QED) is 0.591. The van der Waals surface area contributed by atoms with Gasteiger partial charge < -0.3 is 16.0 Å². The predicted molar refractivity (Wildman–Crippen MR) is 110 cm³/mol. The summed E-state index contributed by atoms with van der Waals surface area (Å²) < 4.78 is 0. The van der Waals surface area contributed by atoms with Gasteiger partial charge in [-0.05, 0) is 43.4 Å². The lowest BCUT2D eigenvalue weighted by molar-refractivity contribution is -0.134. The first-order valence-electron chi connectivity index (χ1n) is 10.6. The zero-order chi connectivity index (χ0) is 19.8. The lowest BCUT2D eigenvalue weighted by Gasteiger charge is -2.37. The fourth-order valence-corrected chi connectivity index (χ4v) is 4.18. The first-order valence-corrected chi connectivity index (χ1v) is 10.6. The van der Waals surface area contributed by atoms with Crippen molar-refractivity contribution in [3.8, 4) is 0 Å². The van der Waals surface area contributed by atoms with E-state index in [0.717, 1.165) is 24.5 Å². The minimum Gasteiger partial charge on any atom is -0.368 e. The lowest BCUT2D eigenvalue weighted by Crippen LogP contribution is -2.57. The van der Waals surface area contributed by atoms with Crippen molar-refractivity contribution in [3.05, 3.63) is 23.9 Å². The summed E-state index contributed by atoms with van der Waals surface area (Å²) in [5.41, 5.74) is 1.14. The molecule has 28 heavy (non-hydrogen) atoms. The van der Waals surface area contributed by atoms with Crippen LogP contribution in [-0.4, -0.2) is 60.5 Å². The molecule has 0 radical (unpaired) electrons. The number of carbonyl (C=O) groups is 2. The van der Waals surface area contributed by atoms with Gasteiger partial charge in [0.2, 0.25) is 11.8 Å². The summed E-state index contributed by atoms with van der Waals surface area (Å²) in [5, 5.41) is 9.04. The minimum atomic E-state index is -0.345. The monoisotopic (exact) mass is 387 g/mol. The van der Waals surface area contributed by atoms with Crippen LogP contribution in [0.15, 0.2) is 18.3 Å². The zero-order valence-corrected chi connectivity index (χ0v) is 16.9. The molecule has 3 N–H and O–H groups in total. The smallest absolute Gasteiger partial charge is 0.237 e. The molecule has 2 amide bonds. The van der Waals surface area contributed by atoms with Gasteiger partial charge in [-0.1, -0.05) is 19.3 Å². The van der Waals surface area contributed by atoms with Gasteiger partial charge in [0.1, 0.15) is 5.82 Å². The molecule has 1 aromatic heterocycles. The number of piperazine rings is 1. The molecular formula is C21H33N5O2. The molecule has 1 saturated carbocycles. The van der Waals surface area contributed by atoms with Crippen molar-refractivity contribution in [1.82, 2.24) is 20.5 Å². The molecule has 2 aliphatic rings. The van der Waals surface area contributed by atoms with Gasteiger partial charge >= 0.3 is 0 Å². The average molecular weight is 388 g/mol. The van der Waals surface area contributed by atoms with Crippen LogP contribution in [0.2, 0.25) is 0 Å². The molecule has 1 saturated heterocycles. The molecular weight excluding hydrogens is 354 g/mol. The molecule has 0 spiro atoms. The van der Waals surface area contributed by atoms with Crippen molar-refractivity contribution in [2.45, 2.75) is 51.5 Å². The van der Waals surface area contributed by atoms with Crippen LogP contribution >= 0.6 is 0 Å². The molecule has 2 heterocycles. The summed E-state index contributed by atoms with van der Waals surface area (Å²) in [6.07, 6.45) is 8.39. The number of hydrogen-bond acceptors (Lipinski definition) is 5. The first kappa shape index (κ1) is 20.6. The highest BCUT2D eigenvalue weighted by atomic mass is 16.2. The van der Waals surface area contributed by atoms with Crippen LogP contribution in [0.25, 0.3) is 0 Å². The van der Waals surface area contributed by atoms with Crippen molar-refractivity contribution < 1.29 is 9.59 Å². The van der Waals surface area contributed by atoms with Crippen LogP contribution in [0.5, 0.6) is 0 Å². The average Bonchev–Trinajstić information content (AvgIpc) is 2.69. The Bertz CT molecular complexity index is 660. The summed E-state index contributed by atoms with van der Waals surface area (Å²) in [7, 11) is 0. The Morgan fingerprint density at radius 3 is 2.89 bits per heavy atom. The number of pyridine rings is 1. The van der Waals surface area contributed by atoms with Crippen LogP contribution < -0.4 is 16.0 Å². The van der Waals surface area contributed by atoms with Crippen molar-refractivity contribution in [3.63, 3.8) is 0 Å². The third-order valence-corrected chi connectivity index (χ3v) is 5.71. The highest BCUT2D eigenvalue weighted by Gasteiger charge is 2.33. The number of nitrogens with zero attached hydrogens (tertiary/aromatic N) is 2. The summed E-state index contributed by atoms with van der Waals surface area (Å²) >= 11 is 0. The molecule has 1 aliphatic carbocycles. The number of nitrogens with one attached hydrogen (secondary N) is 3. The van der Waals surface area contributed by atoms with E-state index in [1.807, 2.05) is 19.1 Å². The fraction of sp³-hybridized carbons (Fsp3) is 0.667. The van der Waals surface area contributed by atoms with Crippen LogP contribution in [0, 0.1) is 12.8 Å². The number of amides is 2. The Labute approximate surface area is 167 Å². The molecule has 1 aliphatic heterocycles. The van der Waals surface area contributed by atoms with E-state index in [0.29, 0.717) is 25.6 Å². The van der Waals surface area contributed by atoms with E-state index in [-0.39, 0.29) is 24.3 Å². The molecule has 7 heteroatoms. The molecule has 1 atom stereocenters. The summed E-state index contributed by atoms with van der Waals surface area (Å²) in [6, 6.07) is 3.57. The molecule has 3 rings (SSSR count). The van der Waals surface area contributed by atoms with E-state index in [1.165, 1.54) is 32.1 Å². The second-order valence-electron chi connectivity index (χ2n) is 8.01. The molecule has 0 aromatic carbocycles. The van der Waals surface area contributed by atoms with Crippen molar-refractivity contribution in [2.24, 2.45) is 5.92 Å². The second-order valence-corrected chi connectivity index (χ2v) is 8.01. The summed E-state index contributed by atoms with van der Waals surface area (Å²) in [6.45, 7) is 5.57. The van der Waals surface area contributed by atoms with E-state index in [1.54, 1.807) is 6.20 Å². The number of carbonyl (C=O) groups excluding carboxylic acids is 2. The van der Waals surface area contributed by atoms with E-state index < -0.39 is 0 Å². The Kier molecular flexibility index (Phi) is 7.65. The molecule has 7 nitrogen and oxygen atoms in total. The number of anilines is 1. The molecule has 154 valence electrons. The largest absolute Gasteiger partial charge is 0.368 e. The normalized spacial score (nSPS) is 21.2. The van der Waals surface area contributed by atoms with Crippen molar-refractivity contribution in [2.75, 3.05) is 38.0 Å². The van der Waals surface area contributed by atoms with Gasteiger partial charge in [-0.2, -0.15) is 0 Å². The Morgan fingerprint density at radius 1 is 1.29 bits per heavy atom. The number of hydrogen-bond donors (Lipinski definition) is 3. The number of aromatic nitrogens is 1. The first-order chi connectivity index (χ1) is 13.6. The predicted octanol–water partition coefficient (Wildman–Crippen LogP) is 1.69. The lowest BCUT2D eigenvalue weighted by atomic mass is 9.88. The van der Waals surface area contributed by atoms with Crippen LogP contribution in [0.3, 0.4) is 0 Å². The highest BCUT2D eigenvalue weighted by molar-refractivity contribution is 5.88. The van der Waals surface area contributed by atoms with Gasteiger partial charge in [0.25, 0.3) is 0 Å². The van der Waals surface area contributed by atoms with Gasteiger partial charge in [-0.3, -0.25) is 14.5 Å². The van der Waals surface area contributed by atoms with Crippen molar-refractivity contribution in [1.29, 1.82) is 0 Å². The zero-order valence-electron chi connectivity index (χ0n) is 16.9. The van der Waals surface area contributed by atoms with Gasteiger partial charge in [0, 0.05) is 38.9 Å². The Hall–Kier alpha value is -2.15. The number of rotatable bonds is 8. The Balaban J connectivity index is 1.42. The van der Waals surface area contributed by atoms with Crippen LogP contribution in [-0.2, 0) is 9.59 Å². The van der Waals surface area contributed by atoms with Gasteiger partial charge in [0.15, 0.2) is 0 Å². The number of aryl methyl sites for hydroxylation is 1. The van der Waals surface area contributed by atoms with E-state index in [9.17, 15) is 9.59 Å².